The molecule has 0 saturated carbocycles. The van der Waals surface area contributed by atoms with Crippen molar-refractivity contribution in [1.29, 1.82) is 0 Å². The van der Waals surface area contributed by atoms with Crippen LogP contribution in [0.3, 0.4) is 0 Å². The maximum atomic E-state index is 12.0. The zero-order chi connectivity index (χ0) is 11.7. The average molecular weight is 245 g/mol. The van der Waals surface area contributed by atoms with E-state index in [1.54, 1.807) is 6.92 Å². The van der Waals surface area contributed by atoms with E-state index in [4.69, 9.17) is 0 Å². The largest absolute Gasteiger partial charge is 0.534 e. The van der Waals surface area contributed by atoms with Crippen LogP contribution in [0.1, 0.15) is 6.92 Å². The van der Waals surface area contributed by atoms with Gasteiger partial charge in [0.25, 0.3) is 0 Å². The first-order valence-corrected chi connectivity index (χ1v) is 5.56. The van der Waals surface area contributed by atoms with Gasteiger partial charge in [-0.3, -0.25) is 0 Å². The molecule has 1 aliphatic heterocycles. The number of hydrogen-bond acceptors (Lipinski definition) is 4. The first-order valence-electron chi connectivity index (χ1n) is 4.15. The predicted octanol–water partition coefficient (Wildman–Crippen LogP) is 0.976. The molecule has 4 nitrogen and oxygen atoms in total. The third-order valence-corrected chi connectivity index (χ3v) is 2.85. The number of rotatable bonds is 2. The molecule has 1 N–H and O–H groups in total. The van der Waals surface area contributed by atoms with Gasteiger partial charge in [-0.1, -0.05) is 6.92 Å². The van der Waals surface area contributed by atoms with E-state index in [1.807, 2.05) is 0 Å². The van der Waals surface area contributed by atoms with E-state index < -0.39 is 21.5 Å². The first kappa shape index (κ1) is 12.3. The van der Waals surface area contributed by atoms with Crippen LogP contribution in [-0.4, -0.2) is 27.0 Å². The topological polar surface area (TPSA) is 55.4 Å². The normalized spacial score (nSPS) is 23.5. The highest BCUT2D eigenvalue weighted by Crippen LogP contribution is 2.28. The number of halogens is 3. The minimum atomic E-state index is -5.53. The second-order valence-corrected chi connectivity index (χ2v) is 4.69. The SMILES string of the molecule is CC1CNCC=C1OS(=O)(=O)C(F)(F)F. The van der Waals surface area contributed by atoms with Gasteiger partial charge in [0.05, 0.1) is 0 Å². The van der Waals surface area contributed by atoms with Crippen LogP contribution in [0.15, 0.2) is 11.8 Å². The first-order chi connectivity index (χ1) is 6.74. The molecule has 1 aliphatic rings. The quantitative estimate of drug-likeness (QED) is 0.582. The molecule has 0 amide bonds. The molecule has 15 heavy (non-hydrogen) atoms. The molecule has 1 unspecified atom stereocenters. The minimum Gasteiger partial charge on any atom is -0.381 e. The van der Waals surface area contributed by atoms with Crippen molar-refractivity contribution in [2.45, 2.75) is 12.4 Å². The van der Waals surface area contributed by atoms with E-state index >= 15 is 0 Å². The maximum Gasteiger partial charge on any atom is 0.534 e. The molecule has 0 aromatic heterocycles. The summed E-state index contributed by atoms with van der Waals surface area (Å²) in [5, 5.41) is 2.86. The fraction of sp³-hybridized carbons (Fsp3) is 0.714. The third-order valence-electron chi connectivity index (χ3n) is 1.87. The summed E-state index contributed by atoms with van der Waals surface area (Å²) in [6.07, 6.45) is 1.29. The monoisotopic (exact) mass is 245 g/mol. The van der Waals surface area contributed by atoms with Crippen LogP contribution in [0, 0.1) is 5.92 Å². The Bertz CT molecular complexity index is 360. The van der Waals surface area contributed by atoms with Crippen molar-refractivity contribution >= 4 is 10.1 Å². The lowest BCUT2D eigenvalue weighted by molar-refractivity contribution is -0.0527. The standard InChI is InChI=1S/C7H10F3NO3S/c1-5-4-11-3-2-6(5)14-15(12,13)7(8,9)10/h2,5,11H,3-4H2,1H3. The van der Waals surface area contributed by atoms with Gasteiger partial charge in [-0.05, 0) is 6.08 Å². The molecule has 88 valence electrons. The van der Waals surface area contributed by atoms with Crippen LogP contribution in [0.4, 0.5) is 13.2 Å². The van der Waals surface area contributed by atoms with Gasteiger partial charge in [-0.15, -0.1) is 0 Å². The lowest BCUT2D eigenvalue weighted by atomic mass is 10.1. The second kappa shape index (κ2) is 4.01. The van der Waals surface area contributed by atoms with Crippen LogP contribution in [0.2, 0.25) is 0 Å². The fourth-order valence-corrected chi connectivity index (χ4v) is 1.64. The van der Waals surface area contributed by atoms with E-state index in [0.29, 0.717) is 13.1 Å². The van der Waals surface area contributed by atoms with Gasteiger partial charge >= 0.3 is 15.6 Å². The predicted molar refractivity (Wildman–Crippen MR) is 46.2 cm³/mol. The van der Waals surface area contributed by atoms with E-state index in [0.717, 1.165) is 0 Å². The molecule has 0 spiro atoms. The number of hydrogen-bond donors (Lipinski definition) is 1. The van der Waals surface area contributed by atoms with E-state index in [2.05, 4.69) is 9.50 Å². The highest BCUT2D eigenvalue weighted by molar-refractivity contribution is 7.87. The van der Waals surface area contributed by atoms with Gasteiger partial charge in [0.1, 0.15) is 5.76 Å². The maximum absolute atomic E-state index is 12.0. The van der Waals surface area contributed by atoms with Crippen molar-refractivity contribution in [2.24, 2.45) is 5.92 Å². The third kappa shape index (κ3) is 2.85. The molecule has 1 rings (SSSR count). The summed E-state index contributed by atoms with van der Waals surface area (Å²) in [6.45, 7) is 2.26. The molecular formula is C7H10F3NO3S. The zero-order valence-corrected chi connectivity index (χ0v) is 8.65. The number of alkyl halides is 3. The van der Waals surface area contributed by atoms with Crippen molar-refractivity contribution in [3.05, 3.63) is 11.8 Å². The van der Waals surface area contributed by atoms with E-state index in [1.165, 1.54) is 6.08 Å². The summed E-state index contributed by atoms with van der Waals surface area (Å²) >= 11 is 0. The molecule has 1 heterocycles. The Kier molecular flexibility index (Phi) is 3.29. The molecule has 0 aliphatic carbocycles. The van der Waals surface area contributed by atoms with Crippen molar-refractivity contribution in [2.75, 3.05) is 13.1 Å². The van der Waals surface area contributed by atoms with Gasteiger partial charge in [0.2, 0.25) is 0 Å². The highest BCUT2D eigenvalue weighted by atomic mass is 32.2. The van der Waals surface area contributed by atoms with Crippen LogP contribution in [-0.2, 0) is 14.3 Å². The smallest absolute Gasteiger partial charge is 0.381 e. The Morgan fingerprint density at radius 2 is 2.13 bits per heavy atom. The summed E-state index contributed by atoms with van der Waals surface area (Å²) in [4.78, 5) is 0. The van der Waals surface area contributed by atoms with Crippen LogP contribution in [0.5, 0.6) is 0 Å². The molecular weight excluding hydrogens is 235 g/mol. The van der Waals surface area contributed by atoms with E-state index in [9.17, 15) is 21.6 Å². The summed E-state index contributed by atoms with van der Waals surface area (Å²) in [5.41, 5.74) is -5.38. The van der Waals surface area contributed by atoms with Gasteiger partial charge in [-0.25, -0.2) is 0 Å². The molecule has 0 radical (unpaired) electrons. The molecule has 8 heteroatoms. The molecule has 0 aromatic rings. The van der Waals surface area contributed by atoms with Crippen LogP contribution in [0.25, 0.3) is 0 Å². The number of nitrogens with one attached hydrogen (secondary N) is 1. The lowest BCUT2D eigenvalue weighted by Gasteiger charge is -2.21. The second-order valence-electron chi connectivity index (χ2n) is 3.15. The zero-order valence-electron chi connectivity index (χ0n) is 7.84. The Hall–Kier alpha value is -0.760. The summed E-state index contributed by atoms with van der Waals surface area (Å²) in [7, 11) is -5.53. The molecule has 0 saturated heterocycles. The Balaban J connectivity index is 2.82. The Labute approximate surface area is 85.2 Å². The van der Waals surface area contributed by atoms with Crippen molar-refractivity contribution in [3.63, 3.8) is 0 Å². The summed E-state index contributed by atoms with van der Waals surface area (Å²) in [6, 6.07) is 0. The minimum absolute atomic E-state index is 0.161. The highest BCUT2D eigenvalue weighted by Gasteiger charge is 2.49. The van der Waals surface area contributed by atoms with Gasteiger partial charge in [-0.2, -0.15) is 21.6 Å². The van der Waals surface area contributed by atoms with E-state index in [-0.39, 0.29) is 5.76 Å². The fourth-order valence-electron chi connectivity index (χ4n) is 1.06. The van der Waals surface area contributed by atoms with Gasteiger partial charge < -0.3 is 9.50 Å². The van der Waals surface area contributed by atoms with Gasteiger partial charge in [0.15, 0.2) is 0 Å². The Morgan fingerprint density at radius 1 is 1.53 bits per heavy atom. The van der Waals surface area contributed by atoms with Crippen molar-refractivity contribution in [3.8, 4) is 0 Å². The average Bonchev–Trinajstić information content (AvgIpc) is 2.06. The van der Waals surface area contributed by atoms with Crippen molar-refractivity contribution < 1.29 is 25.8 Å². The van der Waals surface area contributed by atoms with Crippen molar-refractivity contribution in [1.82, 2.24) is 5.32 Å². The van der Waals surface area contributed by atoms with Crippen LogP contribution >= 0.6 is 0 Å². The molecule has 0 bridgehead atoms. The molecule has 1 atom stereocenters. The molecule has 0 aromatic carbocycles. The lowest BCUT2D eigenvalue weighted by Crippen LogP contribution is -2.32. The molecule has 0 fully saturated rings. The summed E-state index contributed by atoms with van der Waals surface area (Å²) in [5.74, 6) is -0.554. The summed E-state index contributed by atoms with van der Waals surface area (Å²) < 4.78 is 61.2. The Morgan fingerprint density at radius 3 is 2.60 bits per heavy atom. The van der Waals surface area contributed by atoms with Crippen LogP contribution < -0.4 is 5.32 Å². The van der Waals surface area contributed by atoms with Gasteiger partial charge in [0, 0.05) is 19.0 Å².